The van der Waals surface area contributed by atoms with E-state index in [1.54, 1.807) is 22.5 Å². The Morgan fingerprint density at radius 2 is 2.31 bits per heavy atom. The van der Waals surface area contributed by atoms with Gasteiger partial charge in [0.25, 0.3) is 5.56 Å². The molecule has 3 rings (SSSR count). The van der Waals surface area contributed by atoms with Crippen LogP contribution >= 0.6 is 34.4 Å². The number of fused-ring (bicyclic) bond motifs is 2. The molecule has 0 saturated carbocycles. The molecule has 0 radical (unpaired) electrons. The molecule has 3 heterocycles. The lowest BCUT2D eigenvalue weighted by atomic mass is 10.4. The van der Waals surface area contributed by atoms with E-state index in [9.17, 15) is 4.79 Å². The molecule has 0 N–H and O–H groups in total. The number of hydrogen-bond acceptors (Lipinski definition) is 5. The second-order valence-electron chi connectivity index (χ2n) is 3.42. The molecule has 2 aromatic heterocycles. The van der Waals surface area contributed by atoms with Gasteiger partial charge in [0.2, 0.25) is 0 Å². The zero-order valence-electron chi connectivity index (χ0n) is 8.13. The predicted molar refractivity (Wildman–Crippen MR) is 70.2 cm³/mol. The minimum atomic E-state index is -0.0697. The standard InChI is InChI=1S/C9H7IN4OS/c10-3-5-4-16-9-13-7-6(8(15)14(5)9)11-1-2-12-7/h1-2,5H,3-4H2. The highest BCUT2D eigenvalue weighted by Gasteiger charge is 2.26. The molecule has 0 saturated heterocycles. The lowest BCUT2D eigenvalue weighted by Gasteiger charge is -2.09. The average molecular weight is 346 g/mol. The van der Waals surface area contributed by atoms with E-state index in [0.717, 1.165) is 15.3 Å². The van der Waals surface area contributed by atoms with Crippen LogP contribution in [0.25, 0.3) is 11.2 Å². The fraction of sp³-hybridized carbons (Fsp3) is 0.333. The molecule has 0 aliphatic carbocycles. The van der Waals surface area contributed by atoms with Gasteiger partial charge in [0.05, 0.1) is 6.04 Å². The number of halogens is 1. The molecule has 16 heavy (non-hydrogen) atoms. The van der Waals surface area contributed by atoms with Gasteiger partial charge in [0.1, 0.15) is 0 Å². The lowest BCUT2D eigenvalue weighted by Crippen LogP contribution is -2.26. The first-order valence-corrected chi connectivity index (χ1v) is 7.24. The number of aromatic nitrogens is 4. The Labute approximate surface area is 109 Å². The van der Waals surface area contributed by atoms with E-state index >= 15 is 0 Å². The zero-order valence-corrected chi connectivity index (χ0v) is 11.1. The molecular weight excluding hydrogens is 339 g/mol. The molecule has 82 valence electrons. The summed E-state index contributed by atoms with van der Waals surface area (Å²) < 4.78 is 2.65. The maximum Gasteiger partial charge on any atom is 0.282 e. The van der Waals surface area contributed by atoms with E-state index < -0.39 is 0 Å². The second-order valence-corrected chi connectivity index (χ2v) is 5.29. The van der Waals surface area contributed by atoms with Gasteiger partial charge in [-0.1, -0.05) is 34.4 Å². The lowest BCUT2D eigenvalue weighted by molar-refractivity contribution is 0.562. The Hall–Kier alpha value is -0.700. The number of alkyl halides is 1. The first-order chi connectivity index (χ1) is 7.81. The fourth-order valence-corrected chi connectivity index (χ4v) is 3.95. The van der Waals surface area contributed by atoms with Crippen molar-refractivity contribution in [2.24, 2.45) is 0 Å². The predicted octanol–water partition coefficient (Wildman–Crippen LogP) is 1.27. The van der Waals surface area contributed by atoms with Crippen molar-refractivity contribution in [1.82, 2.24) is 19.5 Å². The van der Waals surface area contributed by atoms with Crippen LogP contribution in [-0.2, 0) is 0 Å². The third-order valence-electron chi connectivity index (χ3n) is 2.46. The van der Waals surface area contributed by atoms with Gasteiger partial charge >= 0.3 is 0 Å². The van der Waals surface area contributed by atoms with Crippen molar-refractivity contribution < 1.29 is 0 Å². The van der Waals surface area contributed by atoms with Gasteiger partial charge < -0.3 is 0 Å². The summed E-state index contributed by atoms with van der Waals surface area (Å²) >= 11 is 3.90. The summed E-state index contributed by atoms with van der Waals surface area (Å²) in [6, 6.07) is 0.229. The van der Waals surface area contributed by atoms with Crippen molar-refractivity contribution in [3.05, 3.63) is 22.7 Å². The molecule has 7 heteroatoms. The minimum absolute atomic E-state index is 0.0697. The molecule has 1 aliphatic rings. The van der Waals surface area contributed by atoms with Crippen molar-refractivity contribution in [2.75, 3.05) is 10.2 Å². The third-order valence-corrected chi connectivity index (χ3v) is 4.57. The second kappa shape index (κ2) is 3.95. The molecule has 0 aromatic carbocycles. The topological polar surface area (TPSA) is 60.7 Å². The van der Waals surface area contributed by atoms with Crippen molar-refractivity contribution in [1.29, 1.82) is 0 Å². The Morgan fingerprint density at radius 1 is 1.50 bits per heavy atom. The Bertz CT molecular complexity index is 614. The molecular formula is C9H7IN4OS. The van der Waals surface area contributed by atoms with Gasteiger partial charge in [-0.3, -0.25) is 9.36 Å². The van der Waals surface area contributed by atoms with Gasteiger partial charge in [0.15, 0.2) is 16.3 Å². The van der Waals surface area contributed by atoms with Crippen LogP contribution in [0.1, 0.15) is 6.04 Å². The maximum atomic E-state index is 12.2. The first-order valence-electron chi connectivity index (χ1n) is 4.73. The van der Waals surface area contributed by atoms with Gasteiger partial charge in [0, 0.05) is 22.6 Å². The molecule has 1 unspecified atom stereocenters. The third kappa shape index (κ3) is 1.45. The summed E-state index contributed by atoms with van der Waals surface area (Å²) in [5.41, 5.74) is 0.740. The monoisotopic (exact) mass is 346 g/mol. The van der Waals surface area contributed by atoms with Crippen LogP contribution in [0.5, 0.6) is 0 Å². The average Bonchev–Trinajstić information content (AvgIpc) is 2.72. The molecule has 5 nitrogen and oxygen atoms in total. The Morgan fingerprint density at radius 3 is 3.12 bits per heavy atom. The molecule has 1 aliphatic heterocycles. The van der Waals surface area contributed by atoms with Crippen LogP contribution in [0.4, 0.5) is 0 Å². The Kier molecular flexibility index (Phi) is 2.58. The number of hydrogen-bond donors (Lipinski definition) is 0. The summed E-state index contributed by atoms with van der Waals surface area (Å²) in [6.45, 7) is 0. The van der Waals surface area contributed by atoms with Crippen molar-refractivity contribution in [2.45, 2.75) is 11.2 Å². The summed E-state index contributed by atoms with van der Waals surface area (Å²) in [4.78, 5) is 24.7. The first kappa shape index (κ1) is 10.5. The molecule has 2 aromatic rings. The maximum absolute atomic E-state index is 12.2. The van der Waals surface area contributed by atoms with E-state index in [0.29, 0.717) is 11.2 Å². The number of nitrogens with zero attached hydrogens (tertiary/aromatic N) is 4. The molecule has 0 fully saturated rings. The van der Waals surface area contributed by atoms with E-state index in [-0.39, 0.29) is 11.6 Å². The van der Waals surface area contributed by atoms with Gasteiger partial charge in [-0.15, -0.1) is 0 Å². The SMILES string of the molecule is O=c1c2nccnc2nc2n1C(CI)CS2. The van der Waals surface area contributed by atoms with Gasteiger partial charge in [-0.2, -0.15) is 0 Å². The summed E-state index contributed by atoms with van der Waals surface area (Å²) in [5, 5.41) is 0.764. The summed E-state index contributed by atoms with van der Waals surface area (Å²) in [7, 11) is 0. The van der Waals surface area contributed by atoms with E-state index in [4.69, 9.17) is 0 Å². The number of rotatable bonds is 1. The normalized spacial score (nSPS) is 18.9. The van der Waals surface area contributed by atoms with Crippen molar-refractivity contribution in [3.8, 4) is 0 Å². The highest BCUT2D eigenvalue weighted by Crippen LogP contribution is 2.31. The van der Waals surface area contributed by atoms with Crippen LogP contribution < -0.4 is 5.56 Å². The van der Waals surface area contributed by atoms with Crippen LogP contribution in [0.3, 0.4) is 0 Å². The molecule has 0 bridgehead atoms. The highest BCUT2D eigenvalue weighted by molar-refractivity contribution is 14.1. The van der Waals surface area contributed by atoms with E-state index in [2.05, 4.69) is 37.5 Å². The largest absolute Gasteiger partial charge is 0.282 e. The fourth-order valence-electron chi connectivity index (χ4n) is 1.69. The molecule has 1 atom stereocenters. The Balaban J connectivity index is 2.37. The quantitative estimate of drug-likeness (QED) is 0.442. The van der Waals surface area contributed by atoms with Gasteiger partial charge in [-0.25, -0.2) is 15.0 Å². The highest BCUT2D eigenvalue weighted by atomic mass is 127. The smallest absolute Gasteiger partial charge is 0.281 e. The molecule has 0 amide bonds. The van der Waals surface area contributed by atoms with Crippen LogP contribution in [0.15, 0.2) is 22.3 Å². The summed E-state index contributed by atoms with van der Waals surface area (Å²) in [6.07, 6.45) is 3.08. The van der Waals surface area contributed by atoms with E-state index in [1.165, 1.54) is 6.20 Å². The van der Waals surface area contributed by atoms with Crippen molar-refractivity contribution >= 4 is 45.5 Å². The van der Waals surface area contributed by atoms with Crippen LogP contribution in [0.2, 0.25) is 0 Å². The van der Waals surface area contributed by atoms with Crippen LogP contribution in [-0.4, -0.2) is 29.7 Å². The van der Waals surface area contributed by atoms with E-state index in [1.807, 2.05) is 0 Å². The van der Waals surface area contributed by atoms with Gasteiger partial charge in [-0.05, 0) is 0 Å². The minimum Gasteiger partial charge on any atom is -0.281 e. The summed E-state index contributed by atoms with van der Waals surface area (Å²) in [5.74, 6) is 0.904. The van der Waals surface area contributed by atoms with Crippen LogP contribution in [0, 0.1) is 0 Å². The van der Waals surface area contributed by atoms with Crippen molar-refractivity contribution in [3.63, 3.8) is 0 Å². The number of thioether (sulfide) groups is 1. The zero-order chi connectivity index (χ0) is 11.1. The molecule has 0 spiro atoms.